The summed E-state index contributed by atoms with van der Waals surface area (Å²) >= 11 is 5.87. The van der Waals surface area contributed by atoms with Gasteiger partial charge < -0.3 is 0 Å². The number of halogens is 2. The zero-order valence-corrected chi connectivity index (χ0v) is 12.3. The minimum Gasteiger partial charge on any atom is -0.294 e. The molecule has 0 aliphatic carbocycles. The molecule has 3 aromatic rings. The highest BCUT2D eigenvalue weighted by atomic mass is 35.5. The summed E-state index contributed by atoms with van der Waals surface area (Å²) in [6.45, 7) is -0.294. The first kappa shape index (κ1) is 15.1. The van der Waals surface area contributed by atoms with E-state index >= 15 is 0 Å². The third-order valence-corrected chi connectivity index (χ3v) is 3.64. The van der Waals surface area contributed by atoms with Crippen LogP contribution in [0.4, 0.5) is 10.1 Å². The molecule has 6 nitrogen and oxygen atoms in total. The van der Waals surface area contributed by atoms with Gasteiger partial charge in [-0.15, -0.1) is 0 Å². The van der Waals surface area contributed by atoms with Crippen LogP contribution in [0.1, 0.15) is 5.56 Å². The number of fused-ring (bicyclic) bond motifs is 1. The van der Waals surface area contributed by atoms with E-state index in [4.69, 9.17) is 11.6 Å². The van der Waals surface area contributed by atoms with Crippen LogP contribution in [0.25, 0.3) is 10.9 Å². The van der Waals surface area contributed by atoms with Crippen LogP contribution >= 0.6 is 11.6 Å². The Morgan fingerprint density at radius 2 is 2.09 bits per heavy atom. The van der Waals surface area contributed by atoms with Crippen molar-refractivity contribution in [3.05, 3.63) is 79.6 Å². The van der Waals surface area contributed by atoms with Gasteiger partial charge in [-0.2, -0.15) is 0 Å². The van der Waals surface area contributed by atoms with Crippen molar-refractivity contribution in [1.82, 2.24) is 9.55 Å². The predicted molar refractivity (Wildman–Crippen MR) is 83.2 cm³/mol. The number of hydrogen-bond donors (Lipinski definition) is 0. The van der Waals surface area contributed by atoms with Gasteiger partial charge in [0.15, 0.2) is 0 Å². The van der Waals surface area contributed by atoms with E-state index in [0.717, 1.165) is 10.6 Å². The Kier molecular flexibility index (Phi) is 3.79. The maximum Gasteiger partial charge on any atom is 0.277 e. The Morgan fingerprint density at radius 3 is 2.83 bits per heavy atom. The molecule has 8 heteroatoms. The quantitative estimate of drug-likeness (QED) is 0.545. The van der Waals surface area contributed by atoms with Gasteiger partial charge in [0, 0.05) is 11.1 Å². The fourth-order valence-electron chi connectivity index (χ4n) is 2.29. The Morgan fingerprint density at radius 1 is 1.30 bits per heavy atom. The van der Waals surface area contributed by atoms with Crippen LogP contribution in [0, 0.1) is 15.9 Å². The molecule has 1 heterocycles. The van der Waals surface area contributed by atoms with E-state index in [0.29, 0.717) is 10.5 Å². The highest BCUT2D eigenvalue weighted by Gasteiger charge is 2.19. The first-order valence-electron chi connectivity index (χ1n) is 6.54. The molecule has 0 unspecified atom stereocenters. The maximum atomic E-state index is 13.9. The number of aromatic nitrogens is 2. The standard InChI is InChI=1S/C15H9ClFN3O3/c16-9-4-5-13-10(6-9)15(21)19(8-18-13)7-11-12(17)2-1-3-14(11)20(22)23/h1-6,8H,7H2. The lowest BCUT2D eigenvalue weighted by Crippen LogP contribution is -2.22. The lowest BCUT2D eigenvalue weighted by Gasteiger charge is -2.08. The zero-order valence-electron chi connectivity index (χ0n) is 11.6. The minimum atomic E-state index is -0.753. The monoisotopic (exact) mass is 333 g/mol. The summed E-state index contributed by atoms with van der Waals surface area (Å²) in [6.07, 6.45) is 1.23. The van der Waals surface area contributed by atoms with E-state index < -0.39 is 16.3 Å². The van der Waals surface area contributed by atoms with Crippen molar-refractivity contribution in [3.8, 4) is 0 Å². The number of nitro benzene ring substituents is 1. The summed E-state index contributed by atoms with van der Waals surface area (Å²) in [5.41, 5.74) is -0.570. The molecule has 0 aliphatic heterocycles. The smallest absolute Gasteiger partial charge is 0.277 e. The van der Waals surface area contributed by atoms with Crippen molar-refractivity contribution >= 4 is 28.2 Å². The van der Waals surface area contributed by atoms with Gasteiger partial charge in [0.2, 0.25) is 0 Å². The highest BCUT2D eigenvalue weighted by Crippen LogP contribution is 2.22. The summed E-state index contributed by atoms with van der Waals surface area (Å²) in [7, 11) is 0. The average molecular weight is 334 g/mol. The lowest BCUT2D eigenvalue weighted by molar-refractivity contribution is -0.385. The molecule has 2 aromatic carbocycles. The number of nitro groups is 1. The second kappa shape index (κ2) is 5.77. The number of nitrogens with zero attached hydrogens (tertiary/aromatic N) is 3. The van der Waals surface area contributed by atoms with E-state index in [-0.39, 0.29) is 23.2 Å². The summed E-state index contributed by atoms with van der Waals surface area (Å²) in [5.74, 6) is -0.753. The Bertz CT molecular complexity index is 987. The average Bonchev–Trinajstić information content (AvgIpc) is 2.52. The first-order valence-corrected chi connectivity index (χ1v) is 6.91. The van der Waals surface area contributed by atoms with E-state index in [2.05, 4.69) is 4.98 Å². The zero-order chi connectivity index (χ0) is 16.6. The van der Waals surface area contributed by atoms with Crippen LogP contribution in [0.15, 0.2) is 47.5 Å². The number of benzene rings is 2. The molecule has 0 aliphatic rings. The fourth-order valence-corrected chi connectivity index (χ4v) is 2.46. The van der Waals surface area contributed by atoms with Gasteiger partial charge in [-0.1, -0.05) is 17.7 Å². The lowest BCUT2D eigenvalue weighted by atomic mass is 10.1. The van der Waals surface area contributed by atoms with Crippen LogP contribution in [-0.2, 0) is 6.54 Å². The third-order valence-electron chi connectivity index (χ3n) is 3.41. The topological polar surface area (TPSA) is 78.0 Å². The van der Waals surface area contributed by atoms with Crippen molar-refractivity contribution in [1.29, 1.82) is 0 Å². The molecule has 0 radical (unpaired) electrons. The van der Waals surface area contributed by atoms with Gasteiger partial charge in [-0.25, -0.2) is 9.37 Å². The molecule has 0 saturated carbocycles. The van der Waals surface area contributed by atoms with Gasteiger partial charge in [-0.3, -0.25) is 19.5 Å². The third kappa shape index (κ3) is 2.78. The molecule has 0 N–H and O–H groups in total. The summed E-state index contributed by atoms with van der Waals surface area (Å²) < 4.78 is 15.1. The molecular formula is C15H9ClFN3O3. The van der Waals surface area contributed by atoms with Crippen molar-refractivity contribution in [3.63, 3.8) is 0 Å². The van der Waals surface area contributed by atoms with Crippen molar-refractivity contribution in [2.75, 3.05) is 0 Å². The predicted octanol–water partition coefficient (Wildman–Crippen LogP) is 3.15. The first-order chi connectivity index (χ1) is 11.0. The summed E-state index contributed by atoms with van der Waals surface area (Å²) in [5, 5.41) is 11.7. The van der Waals surface area contributed by atoms with Crippen LogP contribution in [0.5, 0.6) is 0 Å². The molecule has 0 amide bonds. The minimum absolute atomic E-state index is 0.178. The number of rotatable bonds is 3. The molecule has 23 heavy (non-hydrogen) atoms. The van der Waals surface area contributed by atoms with Crippen LogP contribution < -0.4 is 5.56 Å². The summed E-state index contributed by atoms with van der Waals surface area (Å²) in [6, 6.07) is 8.20. The normalized spacial score (nSPS) is 10.9. The second-order valence-electron chi connectivity index (χ2n) is 4.83. The molecule has 1 aromatic heterocycles. The molecule has 3 rings (SSSR count). The SMILES string of the molecule is O=c1c2cc(Cl)ccc2ncn1Cc1c(F)cccc1[N+](=O)[O-]. The summed E-state index contributed by atoms with van der Waals surface area (Å²) in [4.78, 5) is 26.9. The van der Waals surface area contributed by atoms with Gasteiger partial charge in [0.05, 0.1) is 34.3 Å². The molecule has 0 spiro atoms. The highest BCUT2D eigenvalue weighted by molar-refractivity contribution is 6.31. The molecule has 0 bridgehead atoms. The van der Waals surface area contributed by atoms with Crippen LogP contribution in [0.2, 0.25) is 5.02 Å². The Labute approximate surface area is 133 Å². The van der Waals surface area contributed by atoms with Gasteiger partial charge in [-0.05, 0) is 24.3 Å². The maximum absolute atomic E-state index is 13.9. The molecule has 0 fully saturated rings. The Balaban J connectivity index is 2.15. The molecular weight excluding hydrogens is 325 g/mol. The largest absolute Gasteiger partial charge is 0.294 e. The second-order valence-corrected chi connectivity index (χ2v) is 5.27. The van der Waals surface area contributed by atoms with Crippen molar-refractivity contribution in [2.24, 2.45) is 0 Å². The van der Waals surface area contributed by atoms with Crippen molar-refractivity contribution < 1.29 is 9.31 Å². The van der Waals surface area contributed by atoms with E-state index in [1.54, 1.807) is 12.1 Å². The molecule has 0 saturated heterocycles. The Hall–Kier alpha value is -2.80. The van der Waals surface area contributed by atoms with Crippen molar-refractivity contribution in [2.45, 2.75) is 6.54 Å². The van der Waals surface area contributed by atoms with Gasteiger partial charge >= 0.3 is 0 Å². The van der Waals surface area contributed by atoms with Crippen LogP contribution in [-0.4, -0.2) is 14.5 Å². The van der Waals surface area contributed by atoms with Gasteiger partial charge in [0.1, 0.15) is 5.82 Å². The van der Waals surface area contributed by atoms with E-state index in [9.17, 15) is 19.3 Å². The molecule has 0 atom stereocenters. The fraction of sp³-hybridized carbons (Fsp3) is 0.0667. The molecule has 116 valence electrons. The number of hydrogen-bond acceptors (Lipinski definition) is 4. The van der Waals surface area contributed by atoms with Gasteiger partial charge in [0.25, 0.3) is 11.2 Å². The van der Waals surface area contributed by atoms with Crippen LogP contribution in [0.3, 0.4) is 0 Å². The van der Waals surface area contributed by atoms with E-state index in [1.807, 2.05) is 0 Å². The van der Waals surface area contributed by atoms with E-state index in [1.165, 1.54) is 24.5 Å².